The summed E-state index contributed by atoms with van der Waals surface area (Å²) in [6.07, 6.45) is 2.45. The number of nitrogens with two attached hydrogens (primary N) is 1. The van der Waals surface area contributed by atoms with Gasteiger partial charge < -0.3 is 11.1 Å². The molecule has 0 aliphatic rings. The molecule has 0 aliphatic carbocycles. The fraction of sp³-hybridized carbons (Fsp3) is 0.188. The molecule has 0 unspecified atom stereocenters. The van der Waals surface area contributed by atoms with Gasteiger partial charge in [0.15, 0.2) is 0 Å². The third-order valence-corrected chi connectivity index (χ3v) is 4.61. The Hall–Kier alpha value is -2.47. The van der Waals surface area contributed by atoms with Crippen LogP contribution in [0.2, 0.25) is 0 Å². The summed E-state index contributed by atoms with van der Waals surface area (Å²) in [6.45, 7) is 2.10. The molecule has 0 bridgehead atoms. The minimum Gasteiger partial charge on any atom is -0.368 e. The first-order valence-corrected chi connectivity index (χ1v) is 7.85. The summed E-state index contributed by atoms with van der Waals surface area (Å²) in [5.41, 5.74) is 6.36. The lowest BCUT2D eigenvalue weighted by molar-refractivity contribution is -0.118. The zero-order valence-electron chi connectivity index (χ0n) is 12.1. The molecule has 0 fully saturated rings. The summed E-state index contributed by atoms with van der Waals surface area (Å²) in [7, 11) is 0. The van der Waals surface area contributed by atoms with E-state index in [-0.39, 0.29) is 0 Å². The summed E-state index contributed by atoms with van der Waals surface area (Å²) in [5.74, 6) is 0.192. The number of fused-ring (bicyclic) bond motifs is 1. The van der Waals surface area contributed by atoms with Gasteiger partial charge in [-0.2, -0.15) is 0 Å². The Kier molecular flexibility index (Phi) is 4.02. The summed E-state index contributed by atoms with van der Waals surface area (Å²) in [5, 5.41) is 4.08. The van der Waals surface area contributed by atoms with Gasteiger partial charge in [0.2, 0.25) is 5.91 Å². The van der Waals surface area contributed by atoms with Crippen LogP contribution in [0.1, 0.15) is 23.4 Å². The van der Waals surface area contributed by atoms with Crippen LogP contribution in [0.3, 0.4) is 0 Å². The molecule has 0 radical (unpaired) electrons. The van der Waals surface area contributed by atoms with Crippen LogP contribution in [0, 0.1) is 0 Å². The van der Waals surface area contributed by atoms with Gasteiger partial charge in [-0.05, 0) is 18.1 Å². The van der Waals surface area contributed by atoms with Gasteiger partial charge in [-0.3, -0.25) is 4.79 Å². The number of hydrogen-bond donors (Lipinski definition) is 2. The molecule has 0 aliphatic heterocycles. The largest absolute Gasteiger partial charge is 0.368 e. The maximum atomic E-state index is 11.8. The van der Waals surface area contributed by atoms with Crippen molar-refractivity contribution in [2.24, 2.45) is 5.73 Å². The van der Waals surface area contributed by atoms with Gasteiger partial charge in [0.05, 0.1) is 5.39 Å². The summed E-state index contributed by atoms with van der Waals surface area (Å²) in [4.78, 5) is 22.5. The first-order chi connectivity index (χ1) is 10.7. The molecule has 5 nitrogen and oxygen atoms in total. The van der Waals surface area contributed by atoms with Gasteiger partial charge in [-0.1, -0.05) is 37.3 Å². The molecule has 3 N–H and O–H groups in total. The number of nitrogens with one attached hydrogen (secondary N) is 1. The predicted octanol–water partition coefficient (Wildman–Crippen LogP) is 2.89. The van der Waals surface area contributed by atoms with E-state index in [4.69, 9.17) is 5.73 Å². The summed E-state index contributed by atoms with van der Waals surface area (Å²) in [6, 6.07) is 10.8. The number of aryl methyl sites for hydroxylation is 1. The Morgan fingerprint density at radius 3 is 2.77 bits per heavy atom. The smallest absolute Gasteiger partial charge is 0.244 e. The van der Waals surface area contributed by atoms with Crippen LogP contribution in [0.4, 0.5) is 5.82 Å². The second kappa shape index (κ2) is 6.11. The minimum absolute atomic E-state index is 0.441. The van der Waals surface area contributed by atoms with E-state index in [0.29, 0.717) is 5.82 Å². The zero-order chi connectivity index (χ0) is 15.5. The van der Waals surface area contributed by atoms with E-state index in [1.807, 2.05) is 30.3 Å². The average molecular weight is 312 g/mol. The monoisotopic (exact) mass is 312 g/mol. The molecule has 3 rings (SSSR count). The van der Waals surface area contributed by atoms with Crippen LogP contribution < -0.4 is 11.1 Å². The average Bonchev–Trinajstić information content (AvgIpc) is 2.97. The zero-order valence-corrected chi connectivity index (χ0v) is 12.9. The number of hydrogen-bond acceptors (Lipinski definition) is 5. The Morgan fingerprint density at radius 1 is 1.32 bits per heavy atom. The van der Waals surface area contributed by atoms with E-state index in [2.05, 4.69) is 28.3 Å². The van der Waals surface area contributed by atoms with E-state index < -0.39 is 11.9 Å². The molecule has 0 saturated carbocycles. The fourth-order valence-corrected chi connectivity index (χ4v) is 3.23. The number of carbonyl (C=O) groups excluding carboxylic acids is 1. The number of amides is 1. The highest BCUT2D eigenvalue weighted by Crippen LogP contribution is 2.30. The van der Waals surface area contributed by atoms with Crippen LogP contribution in [-0.4, -0.2) is 15.9 Å². The molecule has 2 heterocycles. The van der Waals surface area contributed by atoms with Crippen LogP contribution in [0.5, 0.6) is 0 Å². The predicted molar refractivity (Wildman–Crippen MR) is 88.8 cm³/mol. The summed E-state index contributed by atoms with van der Waals surface area (Å²) >= 11 is 1.64. The van der Waals surface area contributed by atoms with Gasteiger partial charge >= 0.3 is 0 Å². The number of carbonyl (C=O) groups is 1. The van der Waals surface area contributed by atoms with E-state index in [0.717, 1.165) is 22.2 Å². The number of nitrogens with zero attached hydrogens (tertiary/aromatic N) is 2. The first kappa shape index (κ1) is 14.5. The van der Waals surface area contributed by atoms with Gasteiger partial charge in [0.25, 0.3) is 0 Å². The molecule has 3 aromatic rings. The maximum absolute atomic E-state index is 11.8. The van der Waals surface area contributed by atoms with Crippen LogP contribution in [0.25, 0.3) is 10.2 Å². The SMILES string of the molecule is CCc1cc2c(N[C@H](C(N)=O)c3ccccc3)ncnc2s1. The van der Waals surface area contributed by atoms with E-state index in [9.17, 15) is 4.79 Å². The van der Waals surface area contributed by atoms with E-state index in [1.54, 1.807) is 11.3 Å². The van der Waals surface area contributed by atoms with E-state index in [1.165, 1.54) is 11.2 Å². The molecule has 2 aromatic heterocycles. The maximum Gasteiger partial charge on any atom is 0.244 e. The third kappa shape index (κ3) is 2.78. The Labute approximate surface area is 132 Å². The van der Waals surface area contributed by atoms with Crippen molar-refractivity contribution in [1.82, 2.24) is 9.97 Å². The second-order valence-electron chi connectivity index (χ2n) is 4.90. The molecular formula is C16H16N4OS. The molecule has 1 atom stereocenters. The van der Waals surface area contributed by atoms with Crippen molar-refractivity contribution in [3.05, 3.63) is 53.2 Å². The molecule has 1 amide bonds. The van der Waals surface area contributed by atoms with Crippen molar-refractivity contribution in [2.45, 2.75) is 19.4 Å². The lowest BCUT2D eigenvalue weighted by Gasteiger charge is -2.16. The minimum atomic E-state index is -0.621. The Morgan fingerprint density at radius 2 is 2.09 bits per heavy atom. The molecule has 0 saturated heterocycles. The highest BCUT2D eigenvalue weighted by atomic mass is 32.1. The van der Waals surface area contributed by atoms with Crippen molar-refractivity contribution in [1.29, 1.82) is 0 Å². The second-order valence-corrected chi connectivity index (χ2v) is 6.01. The highest BCUT2D eigenvalue weighted by Gasteiger charge is 2.19. The third-order valence-electron chi connectivity index (χ3n) is 3.43. The number of benzene rings is 1. The molecule has 0 spiro atoms. The van der Waals surface area contributed by atoms with Gasteiger partial charge in [0, 0.05) is 4.88 Å². The number of primary amides is 1. The first-order valence-electron chi connectivity index (χ1n) is 7.03. The fourth-order valence-electron chi connectivity index (χ4n) is 2.30. The number of aromatic nitrogens is 2. The summed E-state index contributed by atoms with van der Waals surface area (Å²) < 4.78 is 0. The van der Waals surface area contributed by atoms with Gasteiger partial charge in [-0.15, -0.1) is 11.3 Å². The number of thiophene rings is 1. The Balaban J connectivity index is 2.00. The van der Waals surface area contributed by atoms with E-state index >= 15 is 0 Å². The van der Waals surface area contributed by atoms with Crippen LogP contribution in [0.15, 0.2) is 42.7 Å². The molecular weight excluding hydrogens is 296 g/mol. The van der Waals surface area contributed by atoms with Crippen LogP contribution in [-0.2, 0) is 11.2 Å². The normalized spacial score (nSPS) is 12.2. The van der Waals surface area contributed by atoms with Gasteiger partial charge in [-0.25, -0.2) is 9.97 Å². The van der Waals surface area contributed by atoms with Crippen molar-refractivity contribution in [3.63, 3.8) is 0 Å². The molecule has 6 heteroatoms. The Bertz CT molecular complexity index is 800. The molecule has 22 heavy (non-hydrogen) atoms. The lowest BCUT2D eigenvalue weighted by Crippen LogP contribution is -2.28. The van der Waals surface area contributed by atoms with Crippen molar-refractivity contribution >= 4 is 33.3 Å². The topological polar surface area (TPSA) is 80.9 Å². The van der Waals surface area contributed by atoms with Gasteiger partial charge in [0.1, 0.15) is 23.0 Å². The molecule has 112 valence electrons. The van der Waals surface area contributed by atoms with Crippen molar-refractivity contribution in [3.8, 4) is 0 Å². The quantitative estimate of drug-likeness (QED) is 0.759. The van der Waals surface area contributed by atoms with Crippen molar-refractivity contribution in [2.75, 3.05) is 5.32 Å². The number of rotatable bonds is 5. The lowest BCUT2D eigenvalue weighted by atomic mass is 10.1. The number of anilines is 1. The standard InChI is InChI=1S/C16H16N4OS/c1-2-11-8-12-15(18-9-19-16(12)22-11)20-13(14(17)21)10-6-4-3-5-7-10/h3-9,13H,2H2,1H3,(H2,17,21)(H,18,19,20)/t13-/m0/s1. The highest BCUT2D eigenvalue weighted by molar-refractivity contribution is 7.18. The van der Waals surface area contributed by atoms with Crippen molar-refractivity contribution < 1.29 is 4.79 Å². The van der Waals surface area contributed by atoms with Crippen LogP contribution >= 0.6 is 11.3 Å². The molecule has 1 aromatic carbocycles.